The topological polar surface area (TPSA) is 47.3 Å². The molecule has 0 aliphatic heterocycles. The van der Waals surface area contributed by atoms with Crippen molar-refractivity contribution in [1.29, 1.82) is 0 Å². The lowest BCUT2D eigenvalue weighted by molar-refractivity contribution is -0.274. The average molecular weight is 282 g/mol. The summed E-state index contributed by atoms with van der Waals surface area (Å²) in [5.41, 5.74) is 7.44. The van der Waals surface area contributed by atoms with E-state index in [0.717, 1.165) is 5.56 Å². The Bertz CT molecular complexity index is 570. The smallest absolute Gasteiger partial charge is 0.406 e. The van der Waals surface area contributed by atoms with Crippen LogP contribution < -0.4 is 15.8 Å². The molecular weight excluding hydrogens is 269 g/mol. The van der Waals surface area contributed by atoms with Crippen molar-refractivity contribution in [2.75, 3.05) is 12.0 Å². The zero-order chi connectivity index (χ0) is 14.6. The van der Waals surface area contributed by atoms with E-state index >= 15 is 0 Å². The number of nitrogens with two attached hydrogens (primary N) is 1. The van der Waals surface area contributed by atoms with E-state index < -0.39 is 6.36 Å². The number of benzene rings is 2. The van der Waals surface area contributed by atoms with Crippen LogP contribution >= 0.6 is 0 Å². The van der Waals surface area contributed by atoms with Crippen LogP contribution in [0.15, 0.2) is 48.5 Å². The third-order valence-corrected chi connectivity index (χ3v) is 2.60. The summed E-state index contributed by atoms with van der Waals surface area (Å²) in [7, 11) is 0. The normalized spacial score (nSPS) is 11.2. The van der Waals surface area contributed by atoms with Gasteiger partial charge in [-0.25, -0.2) is 0 Å². The number of hydrogen-bond donors (Lipinski definition) is 2. The van der Waals surface area contributed by atoms with Crippen molar-refractivity contribution >= 4 is 5.69 Å². The lowest BCUT2D eigenvalue weighted by atomic mass is 10.0. The van der Waals surface area contributed by atoms with Gasteiger partial charge in [-0.05, 0) is 23.8 Å². The van der Waals surface area contributed by atoms with Gasteiger partial charge in [0.2, 0.25) is 0 Å². The number of anilines is 1. The molecule has 0 saturated heterocycles. The van der Waals surface area contributed by atoms with Crippen molar-refractivity contribution in [3.05, 3.63) is 48.5 Å². The maximum Gasteiger partial charge on any atom is 0.573 e. The van der Waals surface area contributed by atoms with Crippen molar-refractivity contribution < 1.29 is 17.9 Å². The first-order valence-electron chi connectivity index (χ1n) is 5.89. The van der Waals surface area contributed by atoms with Crippen molar-refractivity contribution in [3.63, 3.8) is 0 Å². The number of nitrogens with one attached hydrogen (secondary N) is 1. The molecule has 3 nitrogen and oxygen atoms in total. The van der Waals surface area contributed by atoms with E-state index in [0.29, 0.717) is 11.3 Å². The highest BCUT2D eigenvalue weighted by molar-refractivity contribution is 5.79. The maximum atomic E-state index is 12.3. The average Bonchev–Trinajstić information content (AvgIpc) is 2.40. The Morgan fingerprint density at radius 1 is 1.05 bits per heavy atom. The van der Waals surface area contributed by atoms with Crippen LogP contribution in [0.3, 0.4) is 0 Å². The quantitative estimate of drug-likeness (QED) is 0.843. The van der Waals surface area contributed by atoms with E-state index in [2.05, 4.69) is 10.1 Å². The second-order valence-electron chi connectivity index (χ2n) is 4.00. The monoisotopic (exact) mass is 282 g/mol. The Hall–Kier alpha value is -2.21. The van der Waals surface area contributed by atoms with Crippen LogP contribution in [0.1, 0.15) is 0 Å². The Morgan fingerprint density at radius 2 is 1.75 bits per heavy atom. The van der Waals surface area contributed by atoms with Crippen LogP contribution in [-0.4, -0.2) is 13.0 Å². The number of ether oxygens (including phenoxy) is 1. The van der Waals surface area contributed by atoms with Gasteiger partial charge in [0.25, 0.3) is 0 Å². The molecule has 0 radical (unpaired) electrons. The zero-order valence-electron chi connectivity index (χ0n) is 10.4. The number of hydrogen-bond acceptors (Lipinski definition) is 3. The van der Waals surface area contributed by atoms with E-state index in [1.54, 1.807) is 24.3 Å². The molecule has 0 amide bonds. The molecule has 3 N–H and O–H groups in total. The summed E-state index contributed by atoms with van der Waals surface area (Å²) in [6, 6.07) is 13.1. The fourth-order valence-electron chi connectivity index (χ4n) is 1.84. The first-order valence-corrected chi connectivity index (χ1v) is 5.89. The van der Waals surface area contributed by atoms with Crippen LogP contribution in [0.2, 0.25) is 0 Å². The molecule has 0 saturated carbocycles. The molecule has 0 fully saturated rings. The summed E-state index contributed by atoms with van der Waals surface area (Å²) in [5, 5.41) is 2.91. The number of halogens is 3. The number of rotatable bonds is 4. The second kappa shape index (κ2) is 5.83. The molecule has 0 bridgehead atoms. The summed E-state index contributed by atoms with van der Waals surface area (Å²) >= 11 is 0. The molecule has 0 atom stereocenters. The van der Waals surface area contributed by atoms with Crippen LogP contribution in [0.5, 0.6) is 5.75 Å². The molecule has 0 aliphatic rings. The first kappa shape index (κ1) is 14.2. The summed E-state index contributed by atoms with van der Waals surface area (Å²) in [6.45, 7) is 0.180. The maximum absolute atomic E-state index is 12.3. The molecule has 2 aromatic rings. The molecule has 20 heavy (non-hydrogen) atoms. The Balaban J connectivity index is 2.42. The molecule has 0 unspecified atom stereocenters. The molecular formula is C14H13F3N2O. The van der Waals surface area contributed by atoms with Gasteiger partial charge in [0, 0.05) is 11.3 Å². The van der Waals surface area contributed by atoms with Crippen molar-refractivity contribution in [3.8, 4) is 16.9 Å². The Morgan fingerprint density at radius 3 is 2.35 bits per heavy atom. The summed E-state index contributed by atoms with van der Waals surface area (Å²) < 4.78 is 40.7. The van der Waals surface area contributed by atoms with Crippen molar-refractivity contribution in [1.82, 2.24) is 0 Å². The summed E-state index contributed by atoms with van der Waals surface area (Å²) in [6.07, 6.45) is -4.71. The molecule has 0 spiro atoms. The van der Waals surface area contributed by atoms with Crippen molar-refractivity contribution in [2.24, 2.45) is 5.73 Å². The van der Waals surface area contributed by atoms with E-state index in [4.69, 9.17) is 5.73 Å². The zero-order valence-corrected chi connectivity index (χ0v) is 10.4. The second-order valence-corrected chi connectivity index (χ2v) is 4.00. The van der Waals surface area contributed by atoms with Gasteiger partial charge in [-0.15, -0.1) is 13.2 Å². The Labute approximate surface area is 114 Å². The fraction of sp³-hybridized carbons (Fsp3) is 0.143. The molecule has 2 aromatic carbocycles. The molecule has 0 heterocycles. The molecule has 0 aliphatic carbocycles. The standard InChI is InChI=1S/C14H13F3N2O/c15-14(16,17)20-11-6-7-13(19-9-18)12(8-11)10-4-2-1-3-5-10/h1-8,19H,9,18H2. The summed E-state index contributed by atoms with van der Waals surface area (Å²) in [5.74, 6) is -0.265. The van der Waals surface area contributed by atoms with Gasteiger partial charge < -0.3 is 15.8 Å². The third-order valence-electron chi connectivity index (χ3n) is 2.60. The SMILES string of the molecule is NCNc1ccc(OC(F)(F)F)cc1-c1ccccc1. The lowest BCUT2D eigenvalue weighted by Crippen LogP contribution is -2.17. The van der Waals surface area contributed by atoms with E-state index in [1.165, 1.54) is 18.2 Å². The number of alkyl halides is 3. The molecule has 6 heteroatoms. The van der Waals surface area contributed by atoms with E-state index in [1.807, 2.05) is 6.07 Å². The molecule has 0 aromatic heterocycles. The van der Waals surface area contributed by atoms with Gasteiger partial charge >= 0.3 is 6.36 Å². The minimum Gasteiger partial charge on any atom is -0.406 e. The largest absolute Gasteiger partial charge is 0.573 e. The predicted molar refractivity (Wildman–Crippen MR) is 71.2 cm³/mol. The van der Waals surface area contributed by atoms with Gasteiger partial charge in [-0.2, -0.15) is 0 Å². The molecule has 2 rings (SSSR count). The lowest BCUT2D eigenvalue weighted by Gasteiger charge is -2.14. The highest BCUT2D eigenvalue weighted by Crippen LogP contribution is 2.33. The molecule has 106 valence electrons. The fourth-order valence-corrected chi connectivity index (χ4v) is 1.84. The van der Waals surface area contributed by atoms with Gasteiger partial charge in [0.05, 0.1) is 6.67 Å². The van der Waals surface area contributed by atoms with Crippen LogP contribution in [0.4, 0.5) is 18.9 Å². The van der Waals surface area contributed by atoms with E-state index in [9.17, 15) is 13.2 Å². The third kappa shape index (κ3) is 3.64. The Kier molecular flexibility index (Phi) is 4.14. The minimum atomic E-state index is -4.71. The van der Waals surface area contributed by atoms with Gasteiger partial charge in [0.15, 0.2) is 0 Å². The van der Waals surface area contributed by atoms with Crippen molar-refractivity contribution in [2.45, 2.75) is 6.36 Å². The van der Waals surface area contributed by atoms with E-state index in [-0.39, 0.29) is 12.4 Å². The van der Waals surface area contributed by atoms with Gasteiger partial charge in [-0.1, -0.05) is 30.3 Å². The highest BCUT2D eigenvalue weighted by Gasteiger charge is 2.31. The minimum absolute atomic E-state index is 0.180. The van der Waals surface area contributed by atoms with Crippen LogP contribution in [0, 0.1) is 0 Å². The highest BCUT2D eigenvalue weighted by atomic mass is 19.4. The van der Waals surface area contributed by atoms with Gasteiger partial charge in [0.1, 0.15) is 5.75 Å². The summed E-state index contributed by atoms with van der Waals surface area (Å²) in [4.78, 5) is 0. The first-order chi connectivity index (χ1) is 9.49. The predicted octanol–water partition coefficient (Wildman–Crippen LogP) is 3.58. The van der Waals surface area contributed by atoms with Crippen LogP contribution in [0.25, 0.3) is 11.1 Å². The van der Waals surface area contributed by atoms with Crippen LogP contribution in [-0.2, 0) is 0 Å². The van der Waals surface area contributed by atoms with Gasteiger partial charge in [-0.3, -0.25) is 0 Å².